The molecule has 0 unspecified atom stereocenters. The standard InChI is InChI=1S/C7H13.2C4H9.Al/c1-3-5-7-6-4-2;2*1-4(2)3;/h3H,4,6-7H2,1-2H3;2*4H,1H2,2-3H3;. The van der Waals surface area contributed by atoms with E-state index in [1.807, 2.05) is 4.44 Å². The minimum absolute atomic E-state index is 0.635. The molecule has 0 nitrogen and oxygen atoms in total. The minimum atomic E-state index is -0.635. The van der Waals surface area contributed by atoms with Crippen molar-refractivity contribution < 1.29 is 0 Å². The summed E-state index contributed by atoms with van der Waals surface area (Å²) in [6.45, 7) is 14.1. The fraction of sp³-hybridized carbons (Fsp3) is 0.867. The van der Waals surface area contributed by atoms with Crippen molar-refractivity contribution in [2.45, 2.75) is 71.4 Å². The first-order valence-electron chi connectivity index (χ1n) is 7.16. The van der Waals surface area contributed by atoms with E-state index in [0.717, 1.165) is 11.8 Å². The van der Waals surface area contributed by atoms with Crippen LogP contribution in [0.25, 0.3) is 0 Å². The molecule has 0 heterocycles. The topological polar surface area (TPSA) is 0 Å². The number of hydrogen-bond acceptors (Lipinski definition) is 0. The van der Waals surface area contributed by atoms with E-state index >= 15 is 0 Å². The third kappa shape index (κ3) is 7.53. The van der Waals surface area contributed by atoms with Crippen molar-refractivity contribution in [1.29, 1.82) is 0 Å². The first-order chi connectivity index (χ1) is 7.51. The van der Waals surface area contributed by atoms with E-state index in [-0.39, 0.29) is 0 Å². The fourth-order valence-electron chi connectivity index (χ4n) is 2.50. The van der Waals surface area contributed by atoms with Crippen molar-refractivity contribution in [3.63, 3.8) is 0 Å². The van der Waals surface area contributed by atoms with Crippen LogP contribution in [0.2, 0.25) is 10.6 Å². The zero-order chi connectivity index (χ0) is 12.6. The second-order valence-electron chi connectivity index (χ2n) is 5.92. The van der Waals surface area contributed by atoms with Crippen LogP contribution in [0.15, 0.2) is 10.5 Å². The number of rotatable bonds is 8. The van der Waals surface area contributed by atoms with Gasteiger partial charge in [0.1, 0.15) is 0 Å². The van der Waals surface area contributed by atoms with Crippen LogP contribution in [0.1, 0.15) is 60.8 Å². The molecular weight excluding hydrogens is 207 g/mol. The van der Waals surface area contributed by atoms with E-state index < -0.39 is 14.1 Å². The molecule has 16 heavy (non-hydrogen) atoms. The van der Waals surface area contributed by atoms with E-state index in [1.54, 1.807) is 0 Å². The molecule has 0 aromatic rings. The van der Waals surface area contributed by atoms with E-state index in [1.165, 1.54) is 29.8 Å². The van der Waals surface area contributed by atoms with Crippen LogP contribution in [0, 0.1) is 11.8 Å². The maximum Gasteiger partial charge on any atom is 0.299 e. The number of hydrogen-bond donors (Lipinski definition) is 0. The van der Waals surface area contributed by atoms with E-state index in [4.69, 9.17) is 0 Å². The van der Waals surface area contributed by atoms with E-state index in [0.29, 0.717) is 0 Å². The van der Waals surface area contributed by atoms with Gasteiger partial charge >= 0.3 is 0 Å². The molecule has 0 aliphatic rings. The molecule has 0 spiro atoms. The third-order valence-electron chi connectivity index (χ3n) is 3.23. The SMILES string of the molecule is C/C=[C](\CCCC)[Al]([CH2]C(C)C)[CH2]C(C)C. The summed E-state index contributed by atoms with van der Waals surface area (Å²) in [7, 11) is 0. The smallest absolute Gasteiger partial charge is 0.135 e. The molecular formula is C15H31Al. The van der Waals surface area contributed by atoms with Crippen molar-refractivity contribution in [3.05, 3.63) is 10.5 Å². The highest BCUT2D eigenvalue weighted by Crippen LogP contribution is 2.23. The highest BCUT2D eigenvalue weighted by molar-refractivity contribution is 6.66. The number of allylic oxidation sites excluding steroid dienone is 2. The summed E-state index contributed by atoms with van der Waals surface area (Å²) in [5.41, 5.74) is 0. The van der Waals surface area contributed by atoms with Gasteiger partial charge in [0.05, 0.1) is 0 Å². The summed E-state index contributed by atoms with van der Waals surface area (Å²) >= 11 is -0.635. The largest absolute Gasteiger partial charge is 0.299 e. The lowest BCUT2D eigenvalue weighted by Gasteiger charge is -2.19. The molecule has 0 N–H and O–H groups in total. The van der Waals surface area contributed by atoms with Crippen LogP contribution < -0.4 is 0 Å². The second kappa shape index (κ2) is 9.32. The van der Waals surface area contributed by atoms with Crippen LogP contribution in [0.3, 0.4) is 0 Å². The molecule has 0 amide bonds. The third-order valence-corrected chi connectivity index (χ3v) is 7.92. The second-order valence-corrected chi connectivity index (χ2v) is 9.00. The van der Waals surface area contributed by atoms with Crippen LogP contribution in [0.5, 0.6) is 0 Å². The molecule has 0 aromatic carbocycles. The van der Waals surface area contributed by atoms with Gasteiger partial charge in [-0.15, -0.1) is 10.5 Å². The van der Waals surface area contributed by atoms with Gasteiger partial charge in [-0.2, -0.15) is 0 Å². The lowest BCUT2D eigenvalue weighted by Crippen LogP contribution is -2.21. The van der Waals surface area contributed by atoms with Crippen molar-refractivity contribution in [1.82, 2.24) is 0 Å². The van der Waals surface area contributed by atoms with Gasteiger partial charge in [-0.1, -0.05) is 69.9 Å². The number of unbranched alkanes of at least 4 members (excludes halogenated alkanes) is 1. The van der Waals surface area contributed by atoms with Gasteiger partial charge in [0.25, 0.3) is 14.1 Å². The van der Waals surface area contributed by atoms with E-state index in [9.17, 15) is 0 Å². The Morgan fingerprint density at radius 1 is 1.06 bits per heavy atom. The average Bonchev–Trinajstić information content (AvgIpc) is 2.16. The average molecular weight is 238 g/mol. The molecule has 0 rings (SSSR count). The van der Waals surface area contributed by atoms with Crippen molar-refractivity contribution in [2.24, 2.45) is 11.8 Å². The maximum atomic E-state index is 2.44. The highest BCUT2D eigenvalue weighted by atomic mass is 27.2. The molecule has 0 saturated carbocycles. The Morgan fingerprint density at radius 2 is 1.56 bits per heavy atom. The molecule has 0 aliphatic heterocycles. The first kappa shape index (κ1) is 16.3. The summed E-state index contributed by atoms with van der Waals surface area (Å²) in [6.07, 6.45) is 6.54. The highest BCUT2D eigenvalue weighted by Gasteiger charge is 2.23. The van der Waals surface area contributed by atoms with Gasteiger partial charge in [-0.05, 0) is 13.3 Å². The monoisotopic (exact) mass is 238 g/mol. The quantitative estimate of drug-likeness (QED) is 0.492. The molecule has 1 heteroatoms. The summed E-state index contributed by atoms with van der Waals surface area (Å²) in [6, 6.07) is 0. The minimum Gasteiger partial charge on any atom is -0.135 e. The predicted molar refractivity (Wildman–Crippen MR) is 78.3 cm³/mol. The molecule has 94 valence electrons. The van der Waals surface area contributed by atoms with Gasteiger partial charge in [-0.25, -0.2) is 0 Å². The summed E-state index contributed by atoms with van der Waals surface area (Å²) in [4.78, 5) is 0. The molecule has 0 fully saturated rings. The molecule has 0 radical (unpaired) electrons. The van der Waals surface area contributed by atoms with Crippen LogP contribution >= 0.6 is 0 Å². The van der Waals surface area contributed by atoms with Crippen LogP contribution in [-0.4, -0.2) is 14.1 Å². The maximum absolute atomic E-state index is 2.44. The van der Waals surface area contributed by atoms with Gasteiger partial charge in [0.15, 0.2) is 0 Å². The molecule has 0 atom stereocenters. The van der Waals surface area contributed by atoms with Crippen LogP contribution in [-0.2, 0) is 0 Å². The van der Waals surface area contributed by atoms with Gasteiger partial charge in [0, 0.05) is 0 Å². The summed E-state index contributed by atoms with van der Waals surface area (Å²) < 4.78 is 1.85. The Morgan fingerprint density at radius 3 is 1.88 bits per heavy atom. The van der Waals surface area contributed by atoms with Crippen molar-refractivity contribution in [2.75, 3.05) is 0 Å². The molecule has 0 bridgehead atoms. The van der Waals surface area contributed by atoms with Gasteiger partial charge < -0.3 is 0 Å². The molecule has 0 aromatic heterocycles. The Balaban J connectivity index is 4.43. The summed E-state index contributed by atoms with van der Waals surface area (Å²) in [5.74, 6) is 1.76. The van der Waals surface area contributed by atoms with Gasteiger partial charge in [-0.3, -0.25) is 0 Å². The lowest BCUT2D eigenvalue weighted by atomic mass is 10.2. The summed E-state index contributed by atoms with van der Waals surface area (Å²) in [5, 5.41) is 3.00. The van der Waals surface area contributed by atoms with Crippen molar-refractivity contribution in [3.8, 4) is 0 Å². The fourth-order valence-corrected chi connectivity index (χ4v) is 6.66. The molecule has 0 aliphatic carbocycles. The Labute approximate surface area is 108 Å². The first-order valence-corrected chi connectivity index (χ1v) is 9.37. The Kier molecular flexibility index (Phi) is 9.48. The van der Waals surface area contributed by atoms with Gasteiger partial charge in [0.2, 0.25) is 0 Å². The Bertz CT molecular complexity index is 182. The Hall–Kier alpha value is 0.272. The van der Waals surface area contributed by atoms with E-state index in [2.05, 4.69) is 47.6 Å². The lowest BCUT2D eigenvalue weighted by molar-refractivity contribution is 0.688. The zero-order valence-corrected chi connectivity index (χ0v) is 13.5. The zero-order valence-electron chi connectivity index (χ0n) is 12.3. The van der Waals surface area contributed by atoms with Crippen molar-refractivity contribution >= 4 is 14.1 Å². The molecule has 0 saturated heterocycles. The van der Waals surface area contributed by atoms with Crippen LogP contribution in [0.4, 0.5) is 0 Å². The predicted octanol–water partition coefficient (Wildman–Crippen LogP) is 5.47. The normalized spacial score (nSPS) is 12.6.